The van der Waals surface area contributed by atoms with Crippen molar-refractivity contribution >= 4 is 5.84 Å². The van der Waals surface area contributed by atoms with Gasteiger partial charge in [0.05, 0.1) is 5.56 Å². The second-order valence-corrected chi connectivity index (χ2v) is 4.99. The SMILES string of the molecule is N=C(N)c1cc2c(nc1OCc1ccccc1)CCC2. The number of nitrogens with two attached hydrogens (primary N) is 1. The summed E-state index contributed by atoms with van der Waals surface area (Å²) in [5.74, 6) is 0.484. The van der Waals surface area contributed by atoms with E-state index in [2.05, 4.69) is 4.98 Å². The van der Waals surface area contributed by atoms with Crippen LogP contribution in [0.4, 0.5) is 0 Å². The normalized spacial score (nSPS) is 13.0. The highest BCUT2D eigenvalue weighted by molar-refractivity contribution is 5.97. The van der Waals surface area contributed by atoms with Crippen molar-refractivity contribution in [1.29, 1.82) is 5.41 Å². The quantitative estimate of drug-likeness (QED) is 0.660. The molecule has 1 aliphatic carbocycles. The molecule has 1 aromatic carbocycles. The summed E-state index contributed by atoms with van der Waals surface area (Å²) in [5, 5.41) is 7.68. The Kier molecular flexibility index (Phi) is 3.37. The van der Waals surface area contributed by atoms with E-state index in [1.807, 2.05) is 36.4 Å². The molecule has 0 amide bonds. The largest absolute Gasteiger partial charge is 0.472 e. The summed E-state index contributed by atoms with van der Waals surface area (Å²) >= 11 is 0. The van der Waals surface area contributed by atoms with Gasteiger partial charge in [-0.05, 0) is 36.5 Å². The predicted molar refractivity (Wildman–Crippen MR) is 78.1 cm³/mol. The average Bonchev–Trinajstić information content (AvgIpc) is 2.92. The van der Waals surface area contributed by atoms with Crippen molar-refractivity contribution in [3.05, 3.63) is 58.8 Å². The number of fused-ring (bicyclic) bond motifs is 1. The maximum absolute atomic E-state index is 7.68. The summed E-state index contributed by atoms with van der Waals surface area (Å²) in [4.78, 5) is 4.55. The van der Waals surface area contributed by atoms with E-state index in [-0.39, 0.29) is 5.84 Å². The van der Waals surface area contributed by atoms with E-state index in [1.54, 1.807) is 0 Å². The Balaban J connectivity index is 1.86. The highest BCUT2D eigenvalue weighted by atomic mass is 16.5. The van der Waals surface area contributed by atoms with Crippen LogP contribution in [0.3, 0.4) is 0 Å². The summed E-state index contributed by atoms with van der Waals surface area (Å²) < 4.78 is 5.78. The molecule has 0 spiro atoms. The molecule has 3 rings (SSSR count). The third-order valence-electron chi connectivity index (χ3n) is 3.52. The first kappa shape index (κ1) is 12.7. The molecule has 102 valence electrons. The minimum Gasteiger partial charge on any atom is -0.472 e. The van der Waals surface area contributed by atoms with Crippen LogP contribution in [-0.4, -0.2) is 10.8 Å². The van der Waals surface area contributed by atoms with Crippen LogP contribution in [0.5, 0.6) is 5.88 Å². The molecule has 0 saturated carbocycles. The third kappa shape index (κ3) is 2.50. The number of aromatic nitrogens is 1. The molecule has 0 atom stereocenters. The zero-order chi connectivity index (χ0) is 13.9. The van der Waals surface area contributed by atoms with E-state index in [1.165, 1.54) is 5.56 Å². The van der Waals surface area contributed by atoms with Crippen LogP contribution < -0.4 is 10.5 Å². The Morgan fingerprint density at radius 2 is 2.05 bits per heavy atom. The summed E-state index contributed by atoms with van der Waals surface area (Å²) in [6, 6.07) is 11.9. The number of hydrogen-bond donors (Lipinski definition) is 2. The zero-order valence-corrected chi connectivity index (χ0v) is 11.2. The Hall–Kier alpha value is -2.36. The number of hydrogen-bond acceptors (Lipinski definition) is 3. The number of aryl methyl sites for hydroxylation is 2. The lowest BCUT2D eigenvalue weighted by Crippen LogP contribution is -2.15. The van der Waals surface area contributed by atoms with Crippen LogP contribution in [0.25, 0.3) is 0 Å². The smallest absolute Gasteiger partial charge is 0.225 e. The summed E-state index contributed by atoms with van der Waals surface area (Å²) in [7, 11) is 0. The summed E-state index contributed by atoms with van der Waals surface area (Å²) in [5.41, 5.74) is 9.59. The molecule has 0 fully saturated rings. The van der Waals surface area contributed by atoms with Crippen LogP contribution >= 0.6 is 0 Å². The van der Waals surface area contributed by atoms with E-state index in [0.29, 0.717) is 18.1 Å². The molecule has 0 bridgehead atoms. The molecular weight excluding hydrogens is 250 g/mol. The van der Waals surface area contributed by atoms with Crippen LogP contribution in [-0.2, 0) is 19.4 Å². The first-order valence-corrected chi connectivity index (χ1v) is 6.78. The first-order chi connectivity index (χ1) is 9.74. The van der Waals surface area contributed by atoms with Crippen molar-refractivity contribution < 1.29 is 4.74 Å². The van der Waals surface area contributed by atoms with E-state index in [9.17, 15) is 0 Å². The number of pyridine rings is 1. The number of nitrogens with zero attached hydrogens (tertiary/aromatic N) is 1. The second-order valence-electron chi connectivity index (χ2n) is 4.99. The van der Waals surface area contributed by atoms with E-state index < -0.39 is 0 Å². The van der Waals surface area contributed by atoms with Crippen LogP contribution in [0.1, 0.15) is 28.8 Å². The maximum atomic E-state index is 7.68. The Bertz CT molecular complexity index is 638. The molecule has 4 heteroatoms. The van der Waals surface area contributed by atoms with Gasteiger partial charge in [-0.2, -0.15) is 0 Å². The highest BCUT2D eigenvalue weighted by Gasteiger charge is 2.18. The lowest BCUT2D eigenvalue weighted by atomic mass is 10.1. The Morgan fingerprint density at radius 1 is 1.25 bits per heavy atom. The van der Waals surface area contributed by atoms with Gasteiger partial charge in [0.25, 0.3) is 0 Å². The topological polar surface area (TPSA) is 72.0 Å². The van der Waals surface area contributed by atoms with Crippen LogP contribution in [0.15, 0.2) is 36.4 Å². The summed E-state index contributed by atoms with van der Waals surface area (Å²) in [6.45, 7) is 0.437. The average molecular weight is 267 g/mol. The minimum atomic E-state index is 0.00950. The Labute approximate surface area is 118 Å². The van der Waals surface area contributed by atoms with Gasteiger partial charge >= 0.3 is 0 Å². The van der Waals surface area contributed by atoms with Gasteiger partial charge in [-0.25, -0.2) is 4.98 Å². The number of ether oxygens (including phenoxy) is 1. The van der Waals surface area contributed by atoms with Crippen molar-refractivity contribution in [2.24, 2.45) is 5.73 Å². The molecule has 0 aliphatic heterocycles. The molecule has 4 nitrogen and oxygen atoms in total. The standard InChI is InChI=1S/C16H17N3O/c17-15(18)13-9-12-7-4-8-14(12)19-16(13)20-10-11-5-2-1-3-6-11/h1-3,5-6,9H,4,7-8,10H2,(H3,17,18). The lowest BCUT2D eigenvalue weighted by Gasteiger charge is -2.12. The number of amidine groups is 1. The third-order valence-corrected chi connectivity index (χ3v) is 3.52. The minimum absolute atomic E-state index is 0.00950. The zero-order valence-electron chi connectivity index (χ0n) is 11.2. The van der Waals surface area contributed by atoms with Crippen molar-refractivity contribution in [2.45, 2.75) is 25.9 Å². The highest BCUT2D eigenvalue weighted by Crippen LogP contribution is 2.26. The maximum Gasteiger partial charge on any atom is 0.225 e. The Morgan fingerprint density at radius 3 is 2.80 bits per heavy atom. The molecule has 1 heterocycles. The van der Waals surface area contributed by atoms with Crippen molar-refractivity contribution in [3.8, 4) is 5.88 Å². The van der Waals surface area contributed by atoms with Crippen molar-refractivity contribution in [1.82, 2.24) is 4.98 Å². The fourth-order valence-electron chi connectivity index (χ4n) is 2.48. The van der Waals surface area contributed by atoms with Gasteiger partial charge in [0.2, 0.25) is 5.88 Å². The lowest BCUT2D eigenvalue weighted by molar-refractivity contribution is 0.292. The molecule has 1 aromatic heterocycles. The van der Waals surface area contributed by atoms with Gasteiger partial charge in [0, 0.05) is 5.69 Å². The fraction of sp³-hybridized carbons (Fsp3) is 0.250. The molecule has 0 unspecified atom stereocenters. The molecule has 1 aliphatic rings. The van der Waals surface area contributed by atoms with Gasteiger partial charge in [-0.15, -0.1) is 0 Å². The van der Waals surface area contributed by atoms with Crippen molar-refractivity contribution in [3.63, 3.8) is 0 Å². The van der Waals surface area contributed by atoms with Crippen LogP contribution in [0.2, 0.25) is 0 Å². The molecular formula is C16H17N3O. The van der Waals surface area contributed by atoms with Gasteiger partial charge in [0.1, 0.15) is 12.4 Å². The second kappa shape index (κ2) is 5.33. The van der Waals surface area contributed by atoms with E-state index >= 15 is 0 Å². The molecule has 0 saturated heterocycles. The van der Waals surface area contributed by atoms with E-state index in [0.717, 1.165) is 30.5 Å². The van der Waals surface area contributed by atoms with Gasteiger partial charge in [-0.3, -0.25) is 5.41 Å². The first-order valence-electron chi connectivity index (χ1n) is 6.78. The number of rotatable bonds is 4. The number of nitrogen functional groups attached to an aromatic ring is 1. The van der Waals surface area contributed by atoms with Gasteiger partial charge in [0.15, 0.2) is 0 Å². The van der Waals surface area contributed by atoms with Gasteiger partial charge < -0.3 is 10.5 Å². The monoisotopic (exact) mass is 267 g/mol. The molecule has 3 N–H and O–H groups in total. The van der Waals surface area contributed by atoms with Crippen LogP contribution in [0, 0.1) is 5.41 Å². The van der Waals surface area contributed by atoms with Crippen molar-refractivity contribution in [2.75, 3.05) is 0 Å². The predicted octanol–water partition coefficient (Wildman–Crippen LogP) is 2.43. The summed E-state index contributed by atoms with van der Waals surface area (Å²) in [6.07, 6.45) is 3.11. The molecule has 2 aromatic rings. The van der Waals surface area contributed by atoms with E-state index in [4.69, 9.17) is 15.9 Å². The number of nitrogens with one attached hydrogen (secondary N) is 1. The van der Waals surface area contributed by atoms with Gasteiger partial charge in [-0.1, -0.05) is 30.3 Å². The number of benzene rings is 1. The fourth-order valence-corrected chi connectivity index (χ4v) is 2.48. The molecule has 20 heavy (non-hydrogen) atoms. The molecule has 0 radical (unpaired) electrons.